The van der Waals surface area contributed by atoms with E-state index in [0.29, 0.717) is 16.8 Å². The van der Waals surface area contributed by atoms with Crippen molar-refractivity contribution < 1.29 is 19.4 Å². The molecular weight excluding hydrogens is 330 g/mol. The Morgan fingerprint density at radius 1 is 1.00 bits per heavy atom. The molecule has 0 aliphatic heterocycles. The molecule has 0 aliphatic rings. The smallest absolute Gasteiger partial charge is 0.338 e. The number of aliphatic hydroxyl groups excluding tert-OH is 1. The van der Waals surface area contributed by atoms with Crippen molar-refractivity contribution >= 4 is 28.3 Å². The van der Waals surface area contributed by atoms with Gasteiger partial charge in [-0.2, -0.15) is 0 Å². The van der Waals surface area contributed by atoms with E-state index in [-0.39, 0.29) is 6.61 Å². The quantitative estimate of drug-likeness (QED) is 0.691. The Bertz CT molecular complexity index is 929. The number of ether oxygens (including phenoxy) is 1. The first-order chi connectivity index (χ1) is 12.6. The second kappa shape index (κ2) is 7.80. The minimum Gasteiger partial charge on any atom is -0.449 e. The summed E-state index contributed by atoms with van der Waals surface area (Å²) < 4.78 is 5.24. The van der Waals surface area contributed by atoms with Crippen LogP contribution in [0.3, 0.4) is 0 Å². The Labute approximate surface area is 151 Å². The number of benzene rings is 3. The summed E-state index contributed by atoms with van der Waals surface area (Å²) in [5.74, 6) is -0.989. The monoisotopic (exact) mass is 349 g/mol. The number of nitrogens with one attached hydrogen (secondary N) is 1. The van der Waals surface area contributed by atoms with Crippen molar-refractivity contribution in [3.05, 3.63) is 77.9 Å². The van der Waals surface area contributed by atoms with Crippen LogP contribution < -0.4 is 5.32 Å². The van der Waals surface area contributed by atoms with Crippen molar-refractivity contribution in [2.24, 2.45) is 0 Å². The van der Waals surface area contributed by atoms with Crippen molar-refractivity contribution in [3.63, 3.8) is 0 Å². The molecule has 3 aromatic rings. The van der Waals surface area contributed by atoms with Crippen LogP contribution in [0.25, 0.3) is 10.8 Å². The van der Waals surface area contributed by atoms with Gasteiger partial charge in [0.05, 0.1) is 12.2 Å². The van der Waals surface area contributed by atoms with Gasteiger partial charge >= 0.3 is 5.97 Å². The zero-order chi connectivity index (χ0) is 18.5. The Morgan fingerprint density at radius 2 is 1.69 bits per heavy atom. The number of anilines is 1. The zero-order valence-electron chi connectivity index (χ0n) is 14.3. The molecule has 0 bridgehead atoms. The van der Waals surface area contributed by atoms with Gasteiger partial charge in [0.15, 0.2) is 6.10 Å². The Kier molecular flexibility index (Phi) is 5.29. The van der Waals surface area contributed by atoms with Crippen LogP contribution in [-0.4, -0.2) is 23.1 Å². The van der Waals surface area contributed by atoms with Gasteiger partial charge in [-0.25, -0.2) is 4.79 Å². The van der Waals surface area contributed by atoms with Crippen molar-refractivity contribution in [1.82, 2.24) is 0 Å². The van der Waals surface area contributed by atoms with Crippen LogP contribution in [0.5, 0.6) is 0 Å². The Morgan fingerprint density at radius 3 is 2.42 bits per heavy atom. The van der Waals surface area contributed by atoms with Gasteiger partial charge in [0.1, 0.15) is 0 Å². The van der Waals surface area contributed by atoms with E-state index in [2.05, 4.69) is 5.32 Å². The van der Waals surface area contributed by atoms with Crippen molar-refractivity contribution in [3.8, 4) is 0 Å². The number of esters is 1. The fourth-order valence-corrected chi connectivity index (χ4v) is 2.60. The molecular formula is C21H19NO4. The van der Waals surface area contributed by atoms with Crippen LogP contribution in [0.2, 0.25) is 0 Å². The van der Waals surface area contributed by atoms with Crippen LogP contribution in [-0.2, 0) is 16.1 Å². The first-order valence-corrected chi connectivity index (χ1v) is 8.28. The highest BCUT2D eigenvalue weighted by atomic mass is 16.5. The van der Waals surface area contributed by atoms with E-state index >= 15 is 0 Å². The summed E-state index contributed by atoms with van der Waals surface area (Å²) in [6, 6.07) is 19.7. The van der Waals surface area contributed by atoms with Crippen LogP contribution in [0, 0.1) is 0 Å². The van der Waals surface area contributed by atoms with Gasteiger partial charge in [-0.3, -0.25) is 4.79 Å². The highest BCUT2D eigenvalue weighted by Crippen LogP contribution is 2.23. The summed E-state index contributed by atoms with van der Waals surface area (Å²) in [6.45, 7) is 1.43. The number of carbonyl (C=O) groups is 2. The van der Waals surface area contributed by atoms with Gasteiger partial charge in [-0.1, -0.05) is 48.5 Å². The van der Waals surface area contributed by atoms with Crippen LogP contribution in [0.4, 0.5) is 5.69 Å². The molecule has 5 nitrogen and oxygen atoms in total. The summed E-state index contributed by atoms with van der Waals surface area (Å²) >= 11 is 0. The minimum atomic E-state index is -0.945. The fraction of sp³-hybridized carbons (Fsp3) is 0.143. The predicted octanol–water partition coefficient (Wildman–Crippen LogP) is 3.52. The molecule has 0 spiro atoms. The first-order valence-electron chi connectivity index (χ1n) is 8.28. The highest BCUT2D eigenvalue weighted by Gasteiger charge is 2.19. The molecule has 3 rings (SSSR count). The summed E-state index contributed by atoms with van der Waals surface area (Å²) in [4.78, 5) is 24.6. The van der Waals surface area contributed by atoms with E-state index in [1.165, 1.54) is 6.92 Å². The number of amides is 1. The number of hydrogen-bond acceptors (Lipinski definition) is 4. The van der Waals surface area contributed by atoms with Gasteiger partial charge in [0.25, 0.3) is 5.91 Å². The summed E-state index contributed by atoms with van der Waals surface area (Å²) in [5, 5.41) is 13.8. The Hall–Kier alpha value is -3.18. The molecule has 0 saturated carbocycles. The topological polar surface area (TPSA) is 75.6 Å². The van der Waals surface area contributed by atoms with E-state index in [1.807, 2.05) is 42.5 Å². The van der Waals surface area contributed by atoms with E-state index in [9.17, 15) is 9.59 Å². The number of rotatable bonds is 5. The normalized spacial score (nSPS) is 11.8. The SMILES string of the molecule is C[C@H](OC(=O)c1ccc(CO)cc1)C(=O)Nc1cccc2ccccc12. The van der Waals surface area contributed by atoms with E-state index in [1.54, 1.807) is 24.3 Å². The molecule has 26 heavy (non-hydrogen) atoms. The molecule has 0 aliphatic carbocycles. The molecule has 0 heterocycles. The zero-order valence-corrected chi connectivity index (χ0v) is 14.3. The molecule has 0 radical (unpaired) electrons. The molecule has 1 amide bonds. The maximum absolute atomic E-state index is 12.4. The van der Waals surface area contributed by atoms with Gasteiger partial charge in [0.2, 0.25) is 0 Å². The predicted molar refractivity (Wildman–Crippen MR) is 99.8 cm³/mol. The van der Waals surface area contributed by atoms with E-state index < -0.39 is 18.0 Å². The third-order valence-corrected chi connectivity index (χ3v) is 4.07. The van der Waals surface area contributed by atoms with Crippen LogP contribution in [0.15, 0.2) is 66.7 Å². The van der Waals surface area contributed by atoms with E-state index in [4.69, 9.17) is 9.84 Å². The highest BCUT2D eigenvalue weighted by molar-refractivity contribution is 6.04. The molecule has 5 heteroatoms. The second-order valence-corrected chi connectivity index (χ2v) is 5.92. The van der Waals surface area contributed by atoms with E-state index in [0.717, 1.165) is 10.8 Å². The summed E-state index contributed by atoms with van der Waals surface area (Å²) in [7, 11) is 0. The first kappa shape index (κ1) is 17.6. The number of fused-ring (bicyclic) bond motifs is 1. The Balaban J connectivity index is 1.68. The number of hydrogen-bond donors (Lipinski definition) is 2. The second-order valence-electron chi connectivity index (χ2n) is 5.92. The number of carbonyl (C=O) groups excluding carboxylic acids is 2. The average Bonchev–Trinajstić information content (AvgIpc) is 2.68. The third kappa shape index (κ3) is 3.90. The molecule has 0 fully saturated rings. The third-order valence-electron chi connectivity index (χ3n) is 4.07. The molecule has 0 unspecified atom stereocenters. The lowest BCUT2D eigenvalue weighted by Gasteiger charge is -2.15. The lowest BCUT2D eigenvalue weighted by molar-refractivity contribution is -0.123. The molecule has 0 saturated heterocycles. The summed E-state index contributed by atoms with van der Waals surface area (Å²) in [5.41, 5.74) is 1.69. The van der Waals surface area contributed by atoms with Crippen molar-refractivity contribution in [2.45, 2.75) is 19.6 Å². The van der Waals surface area contributed by atoms with Crippen molar-refractivity contribution in [1.29, 1.82) is 0 Å². The molecule has 3 aromatic carbocycles. The van der Waals surface area contributed by atoms with Crippen molar-refractivity contribution in [2.75, 3.05) is 5.32 Å². The average molecular weight is 349 g/mol. The lowest BCUT2D eigenvalue weighted by Crippen LogP contribution is -2.30. The maximum Gasteiger partial charge on any atom is 0.338 e. The summed E-state index contributed by atoms with van der Waals surface area (Å²) in [6.07, 6.45) is -0.945. The molecule has 1 atom stereocenters. The maximum atomic E-state index is 12.4. The number of aliphatic hydroxyl groups is 1. The van der Waals surface area contributed by atoms with Crippen LogP contribution in [0.1, 0.15) is 22.8 Å². The molecule has 2 N–H and O–H groups in total. The standard InChI is InChI=1S/C21H19NO4/c1-14(26-21(25)17-11-9-15(13-23)10-12-17)20(24)22-19-8-4-6-16-5-2-3-7-18(16)19/h2-12,14,23H,13H2,1H3,(H,22,24)/t14-/m0/s1. The molecule has 132 valence electrons. The lowest BCUT2D eigenvalue weighted by atomic mass is 10.1. The fourth-order valence-electron chi connectivity index (χ4n) is 2.60. The van der Waals surface area contributed by atoms with Gasteiger partial charge < -0.3 is 15.2 Å². The van der Waals surface area contributed by atoms with Gasteiger partial charge in [-0.05, 0) is 36.1 Å². The molecule has 0 aromatic heterocycles. The largest absolute Gasteiger partial charge is 0.449 e. The van der Waals surface area contributed by atoms with Gasteiger partial charge in [0, 0.05) is 11.1 Å². The van der Waals surface area contributed by atoms with Crippen LogP contribution >= 0.6 is 0 Å². The minimum absolute atomic E-state index is 0.0980. The van der Waals surface area contributed by atoms with Gasteiger partial charge in [-0.15, -0.1) is 0 Å².